The maximum atomic E-state index is 12.8. The molecule has 0 aromatic heterocycles. The first-order chi connectivity index (χ1) is 15.0. The van der Waals surface area contributed by atoms with E-state index in [1.165, 1.54) is 7.11 Å². The molecule has 3 aromatic rings. The van der Waals surface area contributed by atoms with Crippen LogP contribution in [0.25, 0.3) is 0 Å². The van der Waals surface area contributed by atoms with E-state index in [0.717, 1.165) is 16.2 Å². The number of esters is 1. The van der Waals surface area contributed by atoms with Crippen molar-refractivity contribution in [1.82, 2.24) is 0 Å². The molecule has 0 saturated carbocycles. The van der Waals surface area contributed by atoms with Gasteiger partial charge in [-0.15, -0.1) is 11.8 Å². The van der Waals surface area contributed by atoms with E-state index in [-0.39, 0.29) is 5.91 Å². The molecular formula is C24H22ClNO4S. The highest BCUT2D eigenvalue weighted by Crippen LogP contribution is 2.30. The van der Waals surface area contributed by atoms with Gasteiger partial charge in [0.2, 0.25) is 0 Å². The van der Waals surface area contributed by atoms with E-state index in [0.29, 0.717) is 34.2 Å². The zero-order chi connectivity index (χ0) is 22.2. The number of rotatable bonds is 8. The number of carbonyl (C=O) groups excluding carboxylic acids is 2. The molecule has 0 radical (unpaired) electrons. The topological polar surface area (TPSA) is 64.6 Å². The predicted octanol–water partition coefficient (Wildman–Crippen LogP) is 6.07. The van der Waals surface area contributed by atoms with Crippen molar-refractivity contribution >= 4 is 40.9 Å². The molecule has 0 bridgehead atoms. The van der Waals surface area contributed by atoms with Crippen molar-refractivity contribution in [3.63, 3.8) is 0 Å². The minimum atomic E-state index is -0.424. The second-order valence-corrected chi connectivity index (χ2v) is 8.01. The Labute approximate surface area is 190 Å². The van der Waals surface area contributed by atoms with E-state index in [1.54, 1.807) is 42.1 Å². The standard InChI is InChI=1S/C24H22ClNO4S/c1-3-30-22-13-6-17(14-18(22)15-31-21-11-7-19(25)8-12-21)23(27)26-20-9-4-16(5-10-20)24(28)29-2/h4-14H,3,15H2,1-2H3,(H,26,27). The van der Waals surface area contributed by atoms with Crippen LogP contribution in [-0.2, 0) is 10.5 Å². The smallest absolute Gasteiger partial charge is 0.337 e. The average molecular weight is 456 g/mol. The number of nitrogens with one attached hydrogen (secondary N) is 1. The monoisotopic (exact) mass is 455 g/mol. The van der Waals surface area contributed by atoms with Crippen molar-refractivity contribution in [2.24, 2.45) is 0 Å². The summed E-state index contributed by atoms with van der Waals surface area (Å²) in [5.74, 6) is 0.730. The molecule has 1 N–H and O–H groups in total. The van der Waals surface area contributed by atoms with E-state index in [2.05, 4.69) is 10.1 Å². The second-order valence-electron chi connectivity index (χ2n) is 6.52. The lowest BCUT2D eigenvalue weighted by atomic mass is 10.1. The SMILES string of the molecule is CCOc1ccc(C(=O)Nc2ccc(C(=O)OC)cc2)cc1CSc1ccc(Cl)cc1. The summed E-state index contributed by atoms with van der Waals surface area (Å²) in [6.45, 7) is 2.46. The Morgan fingerprint density at radius 1 is 0.968 bits per heavy atom. The Morgan fingerprint density at radius 3 is 2.29 bits per heavy atom. The van der Waals surface area contributed by atoms with Crippen molar-refractivity contribution < 1.29 is 19.1 Å². The fourth-order valence-electron chi connectivity index (χ4n) is 2.83. The number of carbonyl (C=O) groups is 2. The molecule has 5 nitrogen and oxygen atoms in total. The summed E-state index contributed by atoms with van der Waals surface area (Å²) in [5, 5.41) is 3.54. The maximum Gasteiger partial charge on any atom is 0.337 e. The number of benzene rings is 3. The van der Waals surface area contributed by atoms with Gasteiger partial charge in [-0.05, 0) is 73.7 Å². The highest BCUT2D eigenvalue weighted by molar-refractivity contribution is 7.98. The van der Waals surface area contributed by atoms with Gasteiger partial charge in [0, 0.05) is 32.5 Å². The molecule has 3 rings (SSSR count). The van der Waals surface area contributed by atoms with Crippen LogP contribution in [0.3, 0.4) is 0 Å². The molecule has 0 unspecified atom stereocenters. The fourth-order valence-corrected chi connectivity index (χ4v) is 3.83. The molecule has 0 aliphatic carbocycles. The zero-order valence-corrected chi connectivity index (χ0v) is 18.8. The summed E-state index contributed by atoms with van der Waals surface area (Å²) in [4.78, 5) is 25.4. The van der Waals surface area contributed by atoms with Crippen LogP contribution < -0.4 is 10.1 Å². The number of amides is 1. The summed E-state index contributed by atoms with van der Waals surface area (Å²) in [6, 6.07) is 19.5. The highest BCUT2D eigenvalue weighted by Gasteiger charge is 2.12. The molecule has 0 atom stereocenters. The minimum absolute atomic E-state index is 0.244. The lowest BCUT2D eigenvalue weighted by Gasteiger charge is -2.13. The maximum absolute atomic E-state index is 12.8. The van der Waals surface area contributed by atoms with Crippen LogP contribution in [0.5, 0.6) is 5.75 Å². The van der Waals surface area contributed by atoms with Gasteiger partial charge in [-0.2, -0.15) is 0 Å². The Morgan fingerprint density at radius 2 is 1.65 bits per heavy atom. The van der Waals surface area contributed by atoms with Crippen molar-refractivity contribution in [3.05, 3.63) is 88.4 Å². The van der Waals surface area contributed by atoms with Gasteiger partial charge in [0.1, 0.15) is 5.75 Å². The largest absolute Gasteiger partial charge is 0.494 e. The third-order valence-corrected chi connectivity index (χ3v) is 5.71. The molecule has 7 heteroatoms. The number of hydrogen-bond acceptors (Lipinski definition) is 5. The summed E-state index contributed by atoms with van der Waals surface area (Å²) in [6.07, 6.45) is 0. The second kappa shape index (κ2) is 10.9. The summed E-state index contributed by atoms with van der Waals surface area (Å²) in [5.41, 5.74) is 2.45. The van der Waals surface area contributed by atoms with Crippen LogP contribution >= 0.6 is 23.4 Å². The van der Waals surface area contributed by atoms with Gasteiger partial charge in [0.25, 0.3) is 5.91 Å². The van der Waals surface area contributed by atoms with E-state index in [1.807, 2.05) is 43.3 Å². The van der Waals surface area contributed by atoms with Crippen LogP contribution in [0.15, 0.2) is 71.6 Å². The Bertz CT molecular complexity index is 1050. The molecular weight excluding hydrogens is 434 g/mol. The van der Waals surface area contributed by atoms with E-state index < -0.39 is 5.97 Å². The molecule has 1 amide bonds. The zero-order valence-electron chi connectivity index (χ0n) is 17.2. The van der Waals surface area contributed by atoms with Crippen LogP contribution in [0.4, 0.5) is 5.69 Å². The summed E-state index contributed by atoms with van der Waals surface area (Å²) in [7, 11) is 1.33. The van der Waals surface area contributed by atoms with Crippen molar-refractivity contribution in [2.75, 3.05) is 19.0 Å². The molecule has 0 aliphatic rings. The first kappa shape index (κ1) is 22.7. The van der Waals surface area contributed by atoms with E-state index in [4.69, 9.17) is 16.3 Å². The molecule has 160 valence electrons. The van der Waals surface area contributed by atoms with Gasteiger partial charge < -0.3 is 14.8 Å². The van der Waals surface area contributed by atoms with Crippen molar-refractivity contribution in [2.45, 2.75) is 17.6 Å². The molecule has 0 fully saturated rings. The number of methoxy groups -OCH3 is 1. The fraction of sp³-hybridized carbons (Fsp3) is 0.167. The van der Waals surface area contributed by atoms with Crippen LogP contribution in [0.1, 0.15) is 33.2 Å². The predicted molar refractivity (Wildman–Crippen MR) is 124 cm³/mol. The molecule has 0 spiro atoms. The van der Waals surface area contributed by atoms with Crippen LogP contribution in [0.2, 0.25) is 5.02 Å². The number of thioether (sulfide) groups is 1. The van der Waals surface area contributed by atoms with Gasteiger partial charge in [-0.1, -0.05) is 11.6 Å². The first-order valence-corrected chi connectivity index (χ1v) is 11.0. The Kier molecular flexibility index (Phi) is 7.98. The van der Waals surface area contributed by atoms with Gasteiger partial charge in [0.15, 0.2) is 0 Å². The number of ether oxygens (including phenoxy) is 2. The highest BCUT2D eigenvalue weighted by atomic mass is 35.5. The van der Waals surface area contributed by atoms with Gasteiger partial charge in [0.05, 0.1) is 19.3 Å². The molecule has 0 aliphatic heterocycles. The Hall–Kier alpha value is -2.96. The van der Waals surface area contributed by atoms with Gasteiger partial charge in [-0.25, -0.2) is 4.79 Å². The average Bonchev–Trinajstić information content (AvgIpc) is 2.79. The summed E-state index contributed by atoms with van der Waals surface area (Å²) < 4.78 is 10.4. The van der Waals surface area contributed by atoms with Crippen LogP contribution in [0, 0.1) is 0 Å². The number of anilines is 1. The van der Waals surface area contributed by atoms with Crippen LogP contribution in [-0.4, -0.2) is 25.6 Å². The normalized spacial score (nSPS) is 10.4. The molecule has 3 aromatic carbocycles. The number of halogens is 1. The first-order valence-electron chi connectivity index (χ1n) is 9.64. The van der Waals surface area contributed by atoms with E-state index in [9.17, 15) is 9.59 Å². The summed E-state index contributed by atoms with van der Waals surface area (Å²) >= 11 is 7.59. The third kappa shape index (κ3) is 6.26. The lowest BCUT2D eigenvalue weighted by molar-refractivity contribution is 0.0600. The quantitative estimate of drug-likeness (QED) is 0.330. The molecule has 31 heavy (non-hydrogen) atoms. The third-order valence-electron chi connectivity index (χ3n) is 4.39. The van der Waals surface area contributed by atoms with Crippen molar-refractivity contribution in [3.8, 4) is 5.75 Å². The lowest BCUT2D eigenvalue weighted by Crippen LogP contribution is -2.13. The Balaban J connectivity index is 1.74. The minimum Gasteiger partial charge on any atom is -0.494 e. The number of hydrogen-bond donors (Lipinski definition) is 1. The van der Waals surface area contributed by atoms with Gasteiger partial charge >= 0.3 is 5.97 Å². The molecule has 0 saturated heterocycles. The van der Waals surface area contributed by atoms with Gasteiger partial charge in [-0.3, -0.25) is 4.79 Å². The van der Waals surface area contributed by atoms with Crippen molar-refractivity contribution in [1.29, 1.82) is 0 Å². The molecule has 0 heterocycles. The van der Waals surface area contributed by atoms with E-state index >= 15 is 0 Å².